The molecule has 2 atom stereocenters. The molecule has 0 spiro atoms. The van der Waals surface area contributed by atoms with E-state index in [0.29, 0.717) is 13.0 Å². The minimum atomic E-state index is -0.746. The number of hydrogen-bond acceptors (Lipinski definition) is 4. The Morgan fingerprint density at radius 3 is 2.96 bits per heavy atom. The molecule has 0 bridgehead atoms. The smallest absolute Gasteiger partial charge is 0.307 e. The van der Waals surface area contributed by atoms with Gasteiger partial charge in [-0.2, -0.15) is 0 Å². The van der Waals surface area contributed by atoms with Gasteiger partial charge in [0.05, 0.1) is 18.0 Å². The highest BCUT2D eigenvalue weighted by Crippen LogP contribution is 2.45. The average Bonchev–Trinajstić information content (AvgIpc) is 3.35. The number of aromatic nitrogens is 1. The Kier molecular flexibility index (Phi) is 4.69. The van der Waals surface area contributed by atoms with Crippen LogP contribution in [0.5, 0.6) is 0 Å². The van der Waals surface area contributed by atoms with Gasteiger partial charge in [0.15, 0.2) is 0 Å². The lowest BCUT2D eigenvalue weighted by Crippen LogP contribution is -2.07. The molecule has 1 fully saturated rings. The number of carbonyl (C=O) groups is 1. The molecule has 120 valence electrons. The number of carboxylic acid groups (broad SMARTS) is 1. The predicted molar refractivity (Wildman–Crippen MR) is 86.8 cm³/mol. The van der Waals surface area contributed by atoms with E-state index in [0.717, 1.165) is 22.0 Å². The first-order chi connectivity index (χ1) is 11.2. The minimum absolute atomic E-state index is 0.0378. The summed E-state index contributed by atoms with van der Waals surface area (Å²) in [4.78, 5) is 15.6. The Bertz CT molecular complexity index is 741. The number of nitrogens with zero attached hydrogens (tertiary/aromatic N) is 1. The molecular weight excluding hydrogens is 294 g/mol. The van der Waals surface area contributed by atoms with E-state index in [-0.39, 0.29) is 18.6 Å². The fourth-order valence-electron chi connectivity index (χ4n) is 2.76. The van der Waals surface area contributed by atoms with Crippen molar-refractivity contribution in [1.29, 1.82) is 0 Å². The van der Waals surface area contributed by atoms with Gasteiger partial charge in [-0.3, -0.25) is 9.78 Å². The van der Waals surface area contributed by atoms with E-state index in [2.05, 4.69) is 11.1 Å². The molecule has 1 saturated carbocycles. The van der Waals surface area contributed by atoms with E-state index in [4.69, 9.17) is 14.6 Å². The molecular formula is C18H19NO4. The van der Waals surface area contributed by atoms with Crippen molar-refractivity contribution in [2.24, 2.45) is 11.8 Å². The molecule has 0 aliphatic heterocycles. The van der Waals surface area contributed by atoms with Crippen LogP contribution in [0, 0.1) is 11.8 Å². The number of ether oxygens (including phenoxy) is 2. The summed E-state index contributed by atoms with van der Waals surface area (Å²) in [6.07, 6.45) is 4.46. The van der Waals surface area contributed by atoms with Gasteiger partial charge in [-0.15, -0.1) is 0 Å². The predicted octanol–water partition coefficient (Wildman–Crippen LogP) is 2.96. The van der Waals surface area contributed by atoms with Gasteiger partial charge in [-0.1, -0.05) is 24.3 Å². The first-order valence-electron chi connectivity index (χ1n) is 7.54. The van der Waals surface area contributed by atoms with Gasteiger partial charge in [0.25, 0.3) is 0 Å². The van der Waals surface area contributed by atoms with Crippen LogP contribution in [0.4, 0.5) is 0 Å². The van der Waals surface area contributed by atoms with Gasteiger partial charge in [-0.05, 0) is 35.6 Å². The largest absolute Gasteiger partial charge is 0.481 e. The van der Waals surface area contributed by atoms with Crippen molar-refractivity contribution in [3.8, 4) is 0 Å². The lowest BCUT2D eigenvalue weighted by atomic mass is 10.1. The molecule has 0 saturated heterocycles. The van der Waals surface area contributed by atoms with Crippen molar-refractivity contribution < 1.29 is 19.4 Å². The summed E-state index contributed by atoms with van der Waals surface area (Å²) in [6, 6.07) is 9.96. The number of carboxylic acids is 1. The van der Waals surface area contributed by atoms with Crippen molar-refractivity contribution in [3.63, 3.8) is 0 Å². The van der Waals surface area contributed by atoms with Crippen LogP contribution in [-0.4, -0.2) is 36.6 Å². The molecule has 1 aromatic heterocycles. The maximum absolute atomic E-state index is 11.1. The third kappa shape index (κ3) is 3.75. The summed E-state index contributed by atoms with van der Waals surface area (Å²) in [7, 11) is 1.56. The Morgan fingerprint density at radius 2 is 2.22 bits per heavy atom. The minimum Gasteiger partial charge on any atom is -0.481 e. The topological polar surface area (TPSA) is 68.7 Å². The summed E-state index contributed by atoms with van der Waals surface area (Å²) < 4.78 is 10.3. The normalized spacial score (nSPS) is 20.7. The Morgan fingerprint density at radius 1 is 1.39 bits per heavy atom. The van der Waals surface area contributed by atoms with Gasteiger partial charge in [0.1, 0.15) is 6.79 Å². The van der Waals surface area contributed by atoms with Gasteiger partial charge in [-0.25, -0.2) is 0 Å². The van der Waals surface area contributed by atoms with Crippen molar-refractivity contribution in [1.82, 2.24) is 4.98 Å². The summed E-state index contributed by atoms with van der Waals surface area (Å²) >= 11 is 0. The van der Waals surface area contributed by atoms with E-state index in [1.165, 1.54) is 0 Å². The summed E-state index contributed by atoms with van der Waals surface area (Å²) in [5, 5.41) is 10.2. The SMILES string of the molecule is COCOC/C(=C/c1cnc2ccccc2c1)C1CC1C(=O)O. The summed E-state index contributed by atoms with van der Waals surface area (Å²) in [6.45, 7) is 0.562. The molecule has 1 heterocycles. The molecule has 5 nitrogen and oxygen atoms in total. The number of methoxy groups -OCH3 is 1. The van der Waals surface area contributed by atoms with Crippen LogP contribution in [0.15, 0.2) is 42.1 Å². The van der Waals surface area contributed by atoms with Crippen LogP contribution >= 0.6 is 0 Å². The van der Waals surface area contributed by atoms with Crippen molar-refractivity contribution >= 4 is 22.9 Å². The highest BCUT2D eigenvalue weighted by Gasteiger charge is 2.45. The number of hydrogen-bond donors (Lipinski definition) is 1. The molecule has 0 amide bonds. The number of benzene rings is 1. The van der Waals surface area contributed by atoms with E-state index in [1.807, 2.05) is 30.3 Å². The van der Waals surface area contributed by atoms with Gasteiger partial charge in [0.2, 0.25) is 0 Å². The summed E-state index contributed by atoms with van der Waals surface area (Å²) in [5.41, 5.74) is 2.87. The maximum atomic E-state index is 11.1. The van der Waals surface area contributed by atoms with Gasteiger partial charge >= 0.3 is 5.97 Å². The van der Waals surface area contributed by atoms with Crippen LogP contribution in [0.3, 0.4) is 0 Å². The number of fused-ring (bicyclic) bond motifs is 1. The number of rotatable bonds is 7. The van der Waals surface area contributed by atoms with Gasteiger partial charge < -0.3 is 14.6 Å². The number of aliphatic carboxylic acids is 1. The zero-order valence-corrected chi connectivity index (χ0v) is 12.9. The fourth-order valence-corrected chi connectivity index (χ4v) is 2.76. The van der Waals surface area contributed by atoms with E-state index in [9.17, 15) is 4.79 Å². The molecule has 2 unspecified atom stereocenters. The molecule has 1 aliphatic carbocycles. The van der Waals surface area contributed by atoms with Crippen molar-refractivity contribution in [2.75, 3.05) is 20.5 Å². The van der Waals surface area contributed by atoms with Gasteiger partial charge in [0, 0.05) is 18.7 Å². The molecule has 1 aromatic carbocycles. The first kappa shape index (κ1) is 15.6. The number of para-hydroxylation sites is 1. The van der Waals surface area contributed by atoms with E-state index >= 15 is 0 Å². The Labute approximate surface area is 134 Å². The third-order valence-corrected chi connectivity index (χ3v) is 4.02. The molecule has 1 N–H and O–H groups in total. The fraction of sp³-hybridized carbons (Fsp3) is 0.333. The highest BCUT2D eigenvalue weighted by molar-refractivity contribution is 5.81. The lowest BCUT2D eigenvalue weighted by Gasteiger charge is -2.08. The second kappa shape index (κ2) is 6.89. The molecule has 1 aliphatic rings. The molecule has 5 heteroatoms. The second-order valence-electron chi connectivity index (χ2n) is 5.72. The molecule has 3 rings (SSSR count). The van der Waals surface area contributed by atoms with Crippen molar-refractivity contribution in [3.05, 3.63) is 47.7 Å². The first-order valence-corrected chi connectivity index (χ1v) is 7.54. The van der Waals surface area contributed by atoms with E-state index in [1.54, 1.807) is 13.3 Å². The van der Waals surface area contributed by atoms with E-state index < -0.39 is 5.97 Å². The van der Waals surface area contributed by atoms with Crippen LogP contribution in [0.25, 0.3) is 17.0 Å². The zero-order valence-electron chi connectivity index (χ0n) is 12.9. The number of pyridine rings is 1. The Balaban J connectivity index is 1.84. The molecule has 0 radical (unpaired) electrons. The quantitative estimate of drug-likeness (QED) is 0.628. The van der Waals surface area contributed by atoms with Crippen LogP contribution in [0.2, 0.25) is 0 Å². The maximum Gasteiger partial charge on any atom is 0.307 e. The average molecular weight is 313 g/mol. The van der Waals surface area contributed by atoms with Crippen LogP contribution in [0.1, 0.15) is 12.0 Å². The van der Waals surface area contributed by atoms with Crippen LogP contribution in [-0.2, 0) is 14.3 Å². The molecule has 2 aromatic rings. The standard InChI is InChI=1S/C18H19NO4/c1-22-11-23-10-14(15-8-16(15)18(20)21)7-12-6-13-4-2-3-5-17(13)19-9-12/h2-7,9,15-16H,8,10-11H2,1H3,(H,20,21)/b14-7-. The van der Waals surface area contributed by atoms with Crippen molar-refractivity contribution in [2.45, 2.75) is 6.42 Å². The highest BCUT2D eigenvalue weighted by atomic mass is 16.7. The summed E-state index contributed by atoms with van der Waals surface area (Å²) in [5.74, 6) is -1.01. The zero-order chi connectivity index (χ0) is 16.2. The Hall–Kier alpha value is -2.24. The molecule has 23 heavy (non-hydrogen) atoms. The second-order valence-corrected chi connectivity index (χ2v) is 5.72. The van der Waals surface area contributed by atoms with Crippen LogP contribution < -0.4 is 0 Å². The third-order valence-electron chi connectivity index (χ3n) is 4.02. The lowest BCUT2D eigenvalue weighted by molar-refractivity contribution is -0.138. The monoisotopic (exact) mass is 313 g/mol.